The van der Waals surface area contributed by atoms with Crippen LogP contribution in [-0.2, 0) is 4.74 Å². The summed E-state index contributed by atoms with van der Waals surface area (Å²) >= 11 is 0. The van der Waals surface area contributed by atoms with Gasteiger partial charge in [0.05, 0.1) is 12.1 Å². The number of rotatable bonds is 3. The van der Waals surface area contributed by atoms with Gasteiger partial charge in [-0.1, -0.05) is 0 Å². The molecule has 1 aliphatic heterocycles. The molecule has 0 aromatic carbocycles. The molecule has 0 saturated carbocycles. The molecular formula is C9H16N4O. The minimum atomic E-state index is 0.201. The molecule has 78 valence electrons. The molecule has 14 heavy (non-hydrogen) atoms. The fourth-order valence-corrected chi connectivity index (χ4v) is 1.77. The third-order valence-electron chi connectivity index (χ3n) is 2.68. The number of aromatic nitrogens is 3. The van der Waals surface area contributed by atoms with E-state index in [0.717, 1.165) is 18.9 Å². The van der Waals surface area contributed by atoms with Crippen LogP contribution in [0.3, 0.4) is 0 Å². The van der Waals surface area contributed by atoms with Crippen molar-refractivity contribution < 1.29 is 4.74 Å². The van der Waals surface area contributed by atoms with Gasteiger partial charge in [-0.2, -0.15) is 5.10 Å². The third kappa shape index (κ3) is 1.93. The zero-order chi connectivity index (χ0) is 9.97. The van der Waals surface area contributed by atoms with E-state index in [1.807, 2.05) is 0 Å². The first kappa shape index (κ1) is 9.61. The highest BCUT2D eigenvalue weighted by atomic mass is 16.5. The van der Waals surface area contributed by atoms with Gasteiger partial charge in [0.25, 0.3) is 0 Å². The summed E-state index contributed by atoms with van der Waals surface area (Å²) in [5.41, 5.74) is 0. The van der Waals surface area contributed by atoms with Gasteiger partial charge in [0.1, 0.15) is 12.2 Å². The summed E-state index contributed by atoms with van der Waals surface area (Å²) in [6.45, 7) is 5.02. The van der Waals surface area contributed by atoms with Gasteiger partial charge in [-0.15, -0.1) is 0 Å². The normalized spacial score (nSPS) is 29.3. The number of ether oxygens (including phenoxy) is 1. The lowest BCUT2D eigenvalue weighted by Crippen LogP contribution is -2.36. The molecule has 1 aliphatic rings. The molecule has 3 atom stereocenters. The highest BCUT2D eigenvalue weighted by Gasteiger charge is 2.26. The molecule has 0 aliphatic carbocycles. The van der Waals surface area contributed by atoms with Crippen molar-refractivity contribution in [3.8, 4) is 0 Å². The molecule has 1 fully saturated rings. The van der Waals surface area contributed by atoms with Crippen LogP contribution >= 0.6 is 0 Å². The lowest BCUT2D eigenvalue weighted by atomic mass is 10.1. The summed E-state index contributed by atoms with van der Waals surface area (Å²) < 4.78 is 5.47. The second kappa shape index (κ2) is 4.06. The predicted molar refractivity (Wildman–Crippen MR) is 51.8 cm³/mol. The number of H-pyrrole nitrogens is 1. The lowest BCUT2D eigenvalue weighted by molar-refractivity contribution is 0.111. The monoisotopic (exact) mass is 196 g/mol. The summed E-state index contributed by atoms with van der Waals surface area (Å²) in [4.78, 5) is 4.11. The number of nitrogens with one attached hydrogen (secondary N) is 2. The van der Waals surface area contributed by atoms with Gasteiger partial charge in [0, 0.05) is 12.6 Å². The minimum absolute atomic E-state index is 0.201. The molecule has 1 aromatic heterocycles. The lowest BCUT2D eigenvalue weighted by Gasteiger charge is -2.19. The molecule has 2 heterocycles. The molecule has 0 spiro atoms. The molecule has 1 saturated heterocycles. The van der Waals surface area contributed by atoms with E-state index in [-0.39, 0.29) is 6.04 Å². The van der Waals surface area contributed by atoms with Gasteiger partial charge < -0.3 is 10.1 Å². The van der Waals surface area contributed by atoms with Crippen molar-refractivity contribution in [3.05, 3.63) is 12.2 Å². The number of hydrogen-bond acceptors (Lipinski definition) is 4. The van der Waals surface area contributed by atoms with E-state index >= 15 is 0 Å². The van der Waals surface area contributed by atoms with E-state index in [9.17, 15) is 0 Å². The molecule has 5 nitrogen and oxygen atoms in total. The summed E-state index contributed by atoms with van der Waals surface area (Å²) in [5.74, 6) is 0.879. The molecule has 5 heteroatoms. The summed E-state index contributed by atoms with van der Waals surface area (Å²) in [6, 6.07) is 0.627. The van der Waals surface area contributed by atoms with Crippen LogP contribution in [0, 0.1) is 0 Å². The maximum absolute atomic E-state index is 5.47. The van der Waals surface area contributed by atoms with Crippen LogP contribution in [0.4, 0.5) is 0 Å². The van der Waals surface area contributed by atoms with E-state index in [4.69, 9.17) is 4.74 Å². The number of nitrogens with zero attached hydrogens (tertiary/aromatic N) is 2. The smallest absolute Gasteiger partial charge is 0.141 e. The largest absolute Gasteiger partial charge is 0.377 e. The quantitative estimate of drug-likeness (QED) is 0.744. The molecule has 0 bridgehead atoms. The number of aromatic amines is 1. The first-order valence-electron chi connectivity index (χ1n) is 5.00. The molecule has 2 rings (SSSR count). The molecule has 2 N–H and O–H groups in total. The van der Waals surface area contributed by atoms with Gasteiger partial charge in [0.15, 0.2) is 0 Å². The SMILES string of the molecule is CC(NC1CCOC1C)c1ncn[nH]1. The second-order valence-electron chi connectivity index (χ2n) is 3.73. The van der Waals surface area contributed by atoms with Gasteiger partial charge >= 0.3 is 0 Å². The zero-order valence-electron chi connectivity index (χ0n) is 8.53. The highest BCUT2D eigenvalue weighted by molar-refractivity contribution is 4.92. The minimum Gasteiger partial charge on any atom is -0.377 e. The molecule has 3 unspecified atom stereocenters. The standard InChI is InChI=1S/C9H16N4O/c1-6(9-10-5-11-13-9)12-8-3-4-14-7(8)2/h5-8,12H,3-4H2,1-2H3,(H,10,11,13). The van der Waals surface area contributed by atoms with Crippen molar-refractivity contribution in [1.82, 2.24) is 20.5 Å². The molecule has 1 aromatic rings. The topological polar surface area (TPSA) is 62.8 Å². The Balaban J connectivity index is 1.91. The van der Waals surface area contributed by atoms with E-state index in [1.54, 1.807) is 0 Å². The van der Waals surface area contributed by atoms with Crippen molar-refractivity contribution in [2.45, 2.75) is 38.5 Å². The average Bonchev–Trinajstić information content (AvgIpc) is 2.77. The zero-order valence-corrected chi connectivity index (χ0v) is 8.53. The van der Waals surface area contributed by atoms with E-state index < -0.39 is 0 Å². The number of hydrogen-bond donors (Lipinski definition) is 2. The first-order chi connectivity index (χ1) is 6.77. The van der Waals surface area contributed by atoms with Gasteiger partial charge in [-0.3, -0.25) is 5.10 Å². The molecule has 0 radical (unpaired) electrons. The van der Waals surface area contributed by atoms with Crippen molar-refractivity contribution in [2.24, 2.45) is 0 Å². The predicted octanol–water partition coefficient (Wildman–Crippen LogP) is 0.633. The van der Waals surface area contributed by atoms with Gasteiger partial charge in [-0.05, 0) is 20.3 Å². The van der Waals surface area contributed by atoms with Crippen molar-refractivity contribution >= 4 is 0 Å². The van der Waals surface area contributed by atoms with Crippen LogP contribution < -0.4 is 5.32 Å². The van der Waals surface area contributed by atoms with Crippen molar-refractivity contribution in [3.63, 3.8) is 0 Å². The van der Waals surface area contributed by atoms with Crippen LogP contribution in [0.1, 0.15) is 32.1 Å². The molecular weight excluding hydrogens is 180 g/mol. The Labute approximate surface area is 83.3 Å². The van der Waals surface area contributed by atoms with Crippen molar-refractivity contribution in [2.75, 3.05) is 6.61 Å². The highest BCUT2D eigenvalue weighted by Crippen LogP contribution is 2.16. The van der Waals surface area contributed by atoms with Crippen LogP contribution in [0.25, 0.3) is 0 Å². The fraction of sp³-hybridized carbons (Fsp3) is 0.778. The Kier molecular flexibility index (Phi) is 2.79. The van der Waals surface area contributed by atoms with Crippen LogP contribution in [0.5, 0.6) is 0 Å². The summed E-state index contributed by atoms with van der Waals surface area (Å²) in [5, 5.41) is 10.2. The van der Waals surface area contributed by atoms with Crippen LogP contribution in [0.15, 0.2) is 6.33 Å². The van der Waals surface area contributed by atoms with E-state index in [2.05, 4.69) is 34.3 Å². The Hall–Kier alpha value is -0.940. The third-order valence-corrected chi connectivity index (χ3v) is 2.68. The van der Waals surface area contributed by atoms with Crippen molar-refractivity contribution in [1.29, 1.82) is 0 Å². The summed E-state index contributed by atoms with van der Waals surface area (Å²) in [6.07, 6.45) is 2.89. The molecule has 0 amide bonds. The maximum Gasteiger partial charge on any atom is 0.141 e. The second-order valence-corrected chi connectivity index (χ2v) is 3.73. The Morgan fingerprint density at radius 3 is 3.14 bits per heavy atom. The van der Waals surface area contributed by atoms with Crippen LogP contribution in [0.2, 0.25) is 0 Å². The van der Waals surface area contributed by atoms with Crippen LogP contribution in [-0.4, -0.2) is 33.9 Å². The fourth-order valence-electron chi connectivity index (χ4n) is 1.77. The Morgan fingerprint density at radius 2 is 2.57 bits per heavy atom. The summed E-state index contributed by atoms with van der Waals surface area (Å²) in [7, 11) is 0. The average molecular weight is 196 g/mol. The first-order valence-corrected chi connectivity index (χ1v) is 5.00. The Bertz CT molecular complexity index is 274. The van der Waals surface area contributed by atoms with E-state index in [1.165, 1.54) is 6.33 Å². The maximum atomic E-state index is 5.47. The van der Waals surface area contributed by atoms with Gasteiger partial charge in [-0.25, -0.2) is 4.98 Å². The van der Waals surface area contributed by atoms with Gasteiger partial charge in [0.2, 0.25) is 0 Å². The van der Waals surface area contributed by atoms with E-state index in [0.29, 0.717) is 12.1 Å². The Morgan fingerprint density at radius 1 is 1.71 bits per heavy atom.